The van der Waals surface area contributed by atoms with Gasteiger partial charge in [0.05, 0.1) is 28.5 Å². The third kappa shape index (κ3) is 5.57. The second-order valence-electron chi connectivity index (χ2n) is 12.7. The van der Waals surface area contributed by atoms with Crippen molar-refractivity contribution in [3.05, 3.63) is 176 Å². The SMILES string of the molecule is C=N/C(=C1/C=CC=CC1=NCc1cccc(C2=NC3=CC=CCC3c3c2sc2c3C=CCC2C)c1)c1ccc(C2C=CC=CC2)cc1. The van der Waals surface area contributed by atoms with Gasteiger partial charge in [-0.3, -0.25) is 15.0 Å². The van der Waals surface area contributed by atoms with Crippen LogP contribution in [-0.4, -0.2) is 18.1 Å². The maximum absolute atomic E-state index is 5.31. The fraction of sp³-hybridized carbons (Fsp3) is 0.186. The number of benzene rings is 2. The van der Waals surface area contributed by atoms with Crippen LogP contribution in [0.3, 0.4) is 0 Å². The summed E-state index contributed by atoms with van der Waals surface area (Å²) in [6.07, 6.45) is 31.5. The maximum Gasteiger partial charge on any atom is 0.0880 e. The average molecular weight is 628 g/mol. The van der Waals surface area contributed by atoms with Crippen molar-refractivity contribution in [3.8, 4) is 0 Å². The Kier molecular flexibility index (Phi) is 7.96. The lowest BCUT2D eigenvalue weighted by molar-refractivity contribution is 0.761. The molecule has 0 radical (unpaired) electrons. The summed E-state index contributed by atoms with van der Waals surface area (Å²) in [6, 6.07) is 17.5. The van der Waals surface area contributed by atoms with Gasteiger partial charge >= 0.3 is 0 Å². The number of aliphatic imine (C=N–C) groups is 3. The molecule has 3 atom stereocenters. The molecule has 3 nitrogen and oxygen atoms in total. The lowest BCUT2D eigenvalue weighted by atomic mass is 9.81. The molecule has 47 heavy (non-hydrogen) atoms. The highest BCUT2D eigenvalue weighted by Gasteiger charge is 2.35. The zero-order valence-electron chi connectivity index (χ0n) is 26.6. The Morgan fingerprint density at radius 2 is 1.79 bits per heavy atom. The summed E-state index contributed by atoms with van der Waals surface area (Å²) in [4.78, 5) is 17.8. The van der Waals surface area contributed by atoms with Crippen LogP contribution in [0.1, 0.15) is 87.1 Å². The zero-order valence-corrected chi connectivity index (χ0v) is 27.5. The summed E-state index contributed by atoms with van der Waals surface area (Å²) in [5.74, 6) is 1.30. The minimum absolute atomic E-state index is 0.338. The van der Waals surface area contributed by atoms with Gasteiger partial charge in [-0.05, 0) is 72.4 Å². The van der Waals surface area contributed by atoms with Gasteiger partial charge in [0.1, 0.15) is 0 Å². The molecule has 1 aliphatic heterocycles. The topological polar surface area (TPSA) is 37.1 Å². The van der Waals surface area contributed by atoms with E-state index in [1.807, 2.05) is 23.5 Å². The fourth-order valence-electron chi connectivity index (χ4n) is 7.26. The minimum atomic E-state index is 0.338. The molecule has 4 heteroatoms. The Bertz CT molecular complexity index is 2070. The van der Waals surface area contributed by atoms with Gasteiger partial charge in [-0.2, -0.15) is 0 Å². The first-order chi connectivity index (χ1) is 23.2. The Labute approximate surface area is 281 Å². The Morgan fingerprint density at radius 3 is 2.64 bits per heavy atom. The normalized spacial score (nSPS) is 24.0. The van der Waals surface area contributed by atoms with Crippen LogP contribution >= 0.6 is 11.3 Å². The van der Waals surface area contributed by atoms with Gasteiger partial charge in [0, 0.05) is 39.1 Å². The highest BCUT2D eigenvalue weighted by Crippen LogP contribution is 2.49. The molecule has 2 heterocycles. The Morgan fingerprint density at radius 1 is 0.915 bits per heavy atom. The van der Waals surface area contributed by atoms with Crippen LogP contribution in [0.4, 0.5) is 0 Å². The van der Waals surface area contributed by atoms with E-state index < -0.39 is 0 Å². The van der Waals surface area contributed by atoms with Crippen molar-refractivity contribution in [2.24, 2.45) is 15.0 Å². The molecule has 230 valence electrons. The highest BCUT2D eigenvalue weighted by molar-refractivity contribution is 7.15. The van der Waals surface area contributed by atoms with Crippen molar-refractivity contribution in [2.45, 2.75) is 50.5 Å². The molecule has 4 aliphatic carbocycles. The van der Waals surface area contributed by atoms with Crippen molar-refractivity contribution in [3.63, 3.8) is 0 Å². The van der Waals surface area contributed by atoms with Crippen molar-refractivity contribution >= 4 is 41.3 Å². The van der Waals surface area contributed by atoms with Gasteiger partial charge in [0.25, 0.3) is 0 Å². The van der Waals surface area contributed by atoms with Crippen LogP contribution in [0.25, 0.3) is 11.8 Å². The predicted molar refractivity (Wildman–Crippen MR) is 201 cm³/mol. The average Bonchev–Trinajstić information content (AvgIpc) is 3.53. The van der Waals surface area contributed by atoms with Gasteiger partial charge in [0.15, 0.2) is 0 Å². The van der Waals surface area contributed by atoms with E-state index in [2.05, 4.69) is 134 Å². The van der Waals surface area contributed by atoms with Gasteiger partial charge in [-0.25, -0.2) is 0 Å². The van der Waals surface area contributed by atoms with Crippen LogP contribution < -0.4 is 0 Å². The molecule has 5 aliphatic rings. The van der Waals surface area contributed by atoms with Crippen molar-refractivity contribution < 1.29 is 0 Å². The molecular weight excluding hydrogens is 591 g/mol. The molecule has 0 bridgehead atoms. The summed E-state index contributed by atoms with van der Waals surface area (Å²) in [7, 11) is 0. The van der Waals surface area contributed by atoms with Gasteiger partial charge in [-0.1, -0.05) is 116 Å². The molecule has 0 fully saturated rings. The predicted octanol–water partition coefficient (Wildman–Crippen LogP) is 10.8. The quantitative estimate of drug-likeness (QED) is 0.244. The largest absolute Gasteiger partial charge is 0.280 e. The van der Waals surface area contributed by atoms with E-state index >= 15 is 0 Å². The Balaban J connectivity index is 1.11. The lowest BCUT2D eigenvalue weighted by Crippen LogP contribution is -2.17. The van der Waals surface area contributed by atoms with E-state index in [1.165, 1.54) is 32.1 Å². The first kappa shape index (κ1) is 29.5. The highest BCUT2D eigenvalue weighted by atomic mass is 32.1. The van der Waals surface area contributed by atoms with Crippen LogP contribution in [0.15, 0.2) is 148 Å². The summed E-state index contributed by atoms with van der Waals surface area (Å²) in [6.45, 7) is 6.86. The molecule has 8 rings (SSSR count). The zero-order chi connectivity index (χ0) is 31.7. The van der Waals surface area contributed by atoms with Crippen LogP contribution in [0.2, 0.25) is 0 Å². The Hall–Kier alpha value is -4.93. The van der Waals surface area contributed by atoms with E-state index in [1.54, 1.807) is 0 Å². The molecule has 1 aromatic heterocycles. The van der Waals surface area contributed by atoms with Crippen LogP contribution in [0.5, 0.6) is 0 Å². The number of allylic oxidation sites excluding steroid dienone is 14. The number of thiophene rings is 1. The fourth-order valence-corrected chi connectivity index (χ4v) is 8.69. The monoisotopic (exact) mass is 627 g/mol. The van der Waals surface area contributed by atoms with E-state index in [0.29, 0.717) is 24.3 Å². The maximum atomic E-state index is 5.31. The molecule has 0 amide bonds. The van der Waals surface area contributed by atoms with Crippen molar-refractivity contribution in [1.82, 2.24) is 0 Å². The summed E-state index contributed by atoms with van der Waals surface area (Å²) in [5, 5.41) is 0. The number of rotatable bonds is 6. The molecular formula is C43H37N3S. The number of nitrogens with zero attached hydrogens (tertiary/aromatic N) is 3. The first-order valence-corrected chi connectivity index (χ1v) is 17.4. The lowest BCUT2D eigenvalue weighted by Gasteiger charge is -2.27. The van der Waals surface area contributed by atoms with Gasteiger partial charge < -0.3 is 0 Å². The summed E-state index contributed by atoms with van der Waals surface area (Å²) < 4.78 is 0. The van der Waals surface area contributed by atoms with Crippen molar-refractivity contribution in [1.29, 1.82) is 0 Å². The van der Waals surface area contributed by atoms with Gasteiger partial charge in [-0.15, -0.1) is 11.3 Å². The van der Waals surface area contributed by atoms with Crippen molar-refractivity contribution in [2.75, 3.05) is 0 Å². The minimum Gasteiger partial charge on any atom is -0.280 e. The molecule has 3 unspecified atom stereocenters. The number of hydrogen-bond acceptors (Lipinski definition) is 4. The smallest absolute Gasteiger partial charge is 0.0880 e. The standard InChI is InChI=1S/C43H37N3S/c1-28-12-10-19-36-39-34-17-6-9-21-38(34)46-41(43(39)47-42(28)36)33-16-11-13-29(26-33)27-45-37-20-8-7-18-35(37)40(44-2)32-24-22-31(23-25-32)30-14-4-3-5-15-30/h3-11,13-14,16,18-26,28,30,34H,2,12,15,17,27H2,1H3/b40-35-,45-37?. The van der Waals surface area contributed by atoms with Crippen LogP contribution in [-0.2, 0) is 6.54 Å². The summed E-state index contributed by atoms with van der Waals surface area (Å²) in [5.41, 5.74) is 12.6. The number of fused-ring (bicyclic) bond motifs is 5. The van der Waals surface area contributed by atoms with E-state index in [-0.39, 0.29) is 0 Å². The van der Waals surface area contributed by atoms with Crippen LogP contribution in [0, 0.1) is 0 Å². The molecule has 0 saturated heterocycles. The number of hydrogen-bond donors (Lipinski definition) is 0. The third-order valence-corrected chi connectivity index (χ3v) is 11.2. The van der Waals surface area contributed by atoms with E-state index in [9.17, 15) is 0 Å². The van der Waals surface area contributed by atoms with Gasteiger partial charge in [0.2, 0.25) is 0 Å². The molecule has 3 aromatic rings. The molecule has 0 N–H and O–H groups in total. The molecule has 0 spiro atoms. The molecule has 2 aromatic carbocycles. The second kappa shape index (κ2) is 12.7. The second-order valence-corrected chi connectivity index (χ2v) is 13.8. The molecule has 0 saturated carbocycles. The van der Waals surface area contributed by atoms with E-state index in [4.69, 9.17) is 9.98 Å². The third-order valence-electron chi connectivity index (χ3n) is 9.71. The first-order valence-electron chi connectivity index (χ1n) is 16.6. The summed E-state index contributed by atoms with van der Waals surface area (Å²) >= 11 is 1.95. The van der Waals surface area contributed by atoms with E-state index in [0.717, 1.165) is 58.6 Å².